The summed E-state index contributed by atoms with van der Waals surface area (Å²) in [6.45, 7) is 0. The molecule has 1 rings (SSSR count). The normalized spacial score (nSPS) is 11.3. The van der Waals surface area contributed by atoms with E-state index in [0.29, 0.717) is 12.1 Å². The van der Waals surface area contributed by atoms with Crippen LogP contribution in [0.2, 0.25) is 0 Å². The lowest BCUT2D eigenvalue weighted by molar-refractivity contribution is -0.388. The first-order chi connectivity index (χ1) is 7.64. The van der Waals surface area contributed by atoms with Gasteiger partial charge in [-0.15, -0.1) is 0 Å². The summed E-state index contributed by atoms with van der Waals surface area (Å²) < 4.78 is 37.0. The van der Waals surface area contributed by atoms with Crippen LogP contribution in [0.5, 0.6) is 0 Å². The summed E-state index contributed by atoms with van der Waals surface area (Å²) in [5, 5.41) is 19.1. The molecule has 0 aromatic heterocycles. The van der Waals surface area contributed by atoms with Crippen molar-refractivity contribution in [1.82, 2.24) is 0 Å². The lowest BCUT2D eigenvalue weighted by Crippen LogP contribution is -2.11. The van der Waals surface area contributed by atoms with Crippen molar-refractivity contribution in [2.75, 3.05) is 0 Å². The molecule has 0 saturated carbocycles. The number of benzene rings is 1. The Labute approximate surface area is 100 Å². The highest BCUT2D eigenvalue weighted by Gasteiger charge is 2.39. The van der Waals surface area contributed by atoms with E-state index >= 15 is 0 Å². The van der Waals surface area contributed by atoms with E-state index in [-0.39, 0.29) is 4.47 Å². The number of halogens is 4. The fraction of sp³-hybridized carbons (Fsp3) is 0.125. The van der Waals surface area contributed by atoms with Crippen LogP contribution in [0.3, 0.4) is 0 Å². The monoisotopic (exact) mass is 313 g/mol. The van der Waals surface area contributed by atoms with E-state index in [2.05, 4.69) is 15.9 Å². The Bertz CT molecular complexity index is 500. The van der Waals surface area contributed by atoms with Crippen LogP contribution in [0.1, 0.15) is 15.9 Å². The molecule has 92 valence electrons. The Kier molecular flexibility index (Phi) is 3.41. The molecule has 0 atom stereocenters. The van der Waals surface area contributed by atoms with Crippen molar-refractivity contribution in [3.8, 4) is 0 Å². The van der Waals surface area contributed by atoms with Gasteiger partial charge in [-0.1, -0.05) is 0 Å². The quantitative estimate of drug-likeness (QED) is 0.672. The molecule has 1 N–H and O–H groups in total. The Hall–Kier alpha value is -1.64. The van der Waals surface area contributed by atoms with E-state index in [0.717, 1.165) is 0 Å². The zero-order valence-corrected chi connectivity index (χ0v) is 9.37. The predicted molar refractivity (Wildman–Crippen MR) is 52.8 cm³/mol. The van der Waals surface area contributed by atoms with Gasteiger partial charge in [0.2, 0.25) is 0 Å². The molecule has 0 fully saturated rings. The van der Waals surface area contributed by atoms with E-state index in [4.69, 9.17) is 5.11 Å². The van der Waals surface area contributed by atoms with E-state index in [1.54, 1.807) is 0 Å². The molecule has 9 heteroatoms. The summed E-state index contributed by atoms with van der Waals surface area (Å²) in [5.41, 5.74) is -3.40. The minimum atomic E-state index is -4.93. The Morgan fingerprint density at radius 3 is 2.29 bits per heavy atom. The van der Waals surface area contributed by atoms with Gasteiger partial charge in [0, 0.05) is 10.5 Å². The maximum Gasteiger partial charge on any atom is 0.423 e. The van der Waals surface area contributed by atoms with Crippen LogP contribution in [-0.4, -0.2) is 16.0 Å². The molecule has 0 heterocycles. The van der Waals surface area contributed by atoms with Crippen LogP contribution < -0.4 is 0 Å². The summed E-state index contributed by atoms with van der Waals surface area (Å²) in [6.07, 6.45) is -4.93. The second-order valence-corrected chi connectivity index (χ2v) is 3.76. The van der Waals surface area contributed by atoms with Crippen molar-refractivity contribution in [2.45, 2.75) is 6.18 Å². The van der Waals surface area contributed by atoms with Gasteiger partial charge in [-0.25, -0.2) is 4.79 Å². The maximum absolute atomic E-state index is 12.4. The summed E-state index contributed by atoms with van der Waals surface area (Å²) in [7, 11) is 0. The third kappa shape index (κ3) is 2.73. The molecule has 17 heavy (non-hydrogen) atoms. The molecule has 0 bridgehead atoms. The number of carboxylic acid groups (broad SMARTS) is 1. The van der Waals surface area contributed by atoms with Crippen molar-refractivity contribution >= 4 is 27.6 Å². The lowest BCUT2D eigenvalue weighted by Gasteiger charge is -2.09. The van der Waals surface area contributed by atoms with Crippen LogP contribution in [0.4, 0.5) is 18.9 Å². The molecule has 5 nitrogen and oxygen atoms in total. The second-order valence-electron chi connectivity index (χ2n) is 2.91. The van der Waals surface area contributed by atoms with Crippen molar-refractivity contribution in [2.24, 2.45) is 0 Å². The molecule has 0 spiro atoms. The average Bonchev–Trinajstić information content (AvgIpc) is 2.14. The highest BCUT2D eigenvalue weighted by molar-refractivity contribution is 9.10. The number of nitro groups is 1. The van der Waals surface area contributed by atoms with E-state index < -0.39 is 33.9 Å². The molecule has 1 aromatic carbocycles. The zero-order valence-electron chi connectivity index (χ0n) is 7.79. The van der Waals surface area contributed by atoms with Crippen LogP contribution in [0, 0.1) is 10.1 Å². The zero-order chi connectivity index (χ0) is 13.4. The molecular weight excluding hydrogens is 311 g/mol. The number of aromatic carboxylic acids is 1. The minimum Gasteiger partial charge on any atom is -0.478 e. The number of rotatable bonds is 2. The largest absolute Gasteiger partial charge is 0.478 e. The molecule has 0 aliphatic carbocycles. The van der Waals surface area contributed by atoms with E-state index in [9.17, 15) is 28.1 Å². The van der Waals surface area contributed by atoms with Gasteiger partial charge in [0.15, 0.2) is 0 Å². The summed E-state index contributed by atoms with van der Waals surface area (Å²) in [5.74, 6) is -1.56. The van der Waals surface area contributed by atoms with Gasteiger partial charge in [0.25, 0.3) is 5.69 Å². The first-order valence-corrected chi connectivity index (χ1v) is 4.72. The second kappa shape index (κ2) is 4.32. The topological polar surface area (TPSA) is 80.4 Å². The molecule has 0 unspecified atom stereocenters. The smallest absolute Gasteiger partial charge is 0.423 e. The van der Waals surface area contributed by atoms with E-state index in [1.807, 2.05) is 0 Å². The summed E-state index contributed by atoms with van der Waals surface area (Å²) in [6, 6.07) is 0.747. The van der Waals surface area contributed by atoms with Gasteiger partial charge in [-0.05, 0) is 22.0 Å². The molecule has 0 amide bonds. The number of carbonyl (C=O) groups is 1. The average molecular weight is 314 g/mol. The van der Waals surface area contributed by atoms with Crippen LogP contribution in [0.15, 0.2) is 16.6 Å². The fourth-order valence-corrected chi connectivity index (χ4v) is 1.62. The molecule has 0 aliphatic heterocycles. The highest BCUT2D eigenvalue weighted by atomic mass is 79.9. The SMILES string of the molecule is O=C(O)c1cc([N+](=O)[O-])c(C(F)(F)F)cc1Br. The molecule has 0 radical (unpaired) electrons. The molecule has 1 aromatic rings. The maximum atomic E-state index is 12.4. The third-order valence-corrected chi connectivity index (χ3v) is 2.47. The van der Waals surface area contributed by atoms with Gasteiger partial charge >= 0.3 is 12.1 Å². The highest BCUT2D eigenvalue weighted by Crippen LogP contribution is 2.39. The van der Waals surface area contributed by atoms with Crippen LogP contribution >= 0.6 is 15.9 Å². The van der Waals surface area contributed by atoms with Gasteiger partial charge in [0.1, 0.15) is 5.56 Å². The number of alkyl halides is 3. The number of nitrogens with zero attached hydrogens (tertiary/aromatic N) is 1. The molecule has 0 saturated heterocycles. The predicted octanol–water partition coefficient (Wildman–Crippen LogP) is 3.07. The first kappa shape index (κ1) is 13.4. The third-order valence-electron chi connectivity index (χ3n) is 1.82. The number of nitro benzene ring substituents is 1. The van der Waals surface area contributed by atoms with Gasteiger partial charge in [-0.3, -0.25) is 10.1 Å². The molecule has 0 aliphatic rings. The van der Waals surface area contributed by atoms with Crippen LogP contribution in [0.25, 0.3) is 0 Å². The number of carboxylic acids is 1. The lowest BCUT2D eigenvalue weighted by atomic mass is 10.1. The first-order valence-electron chi connectivity index (χ1n) is 3.93. The van der Waals surface area contributed by atoms with Gasteiger partial charge < -0.3 is 5.11 Å². The number of hydrogen-bond donors (Lipinski definition) is 1. The number of hydrogen-bond acceptors (Lipinski definition) is 3. The van der Waals surface area contributed by atoms with Gasteiger partial charge in [0.05, 0.1) is 10.5 Å². The summed E-state index contributed by atoms with van der Waals surface area (Å²) >= 11 is 2.62. The Balaban J connectivity index is 3.58. The Morgan fingerprint density at radius 2 is 1.94 bits per heavy atom. The molecular formula is C8H3BrF3NO4. The Morgan fingerprint density at radius 1 is 1.41 bits per heavy atom. The van der Waals surface area contributed by atoms with Crippen molar-refractivity contribution in [3.63, 3.8) is 0 Å². The standard InChI is InChI=1S/C8H3BrF3NO4/c9-5-2-4(8(10,11)12)6(13(16)17)1-3(5)7(14)15/h1-2H,(H,14,15). The van der Waals surface area contributed by atoms with Crippen LogP contribution in [-0.2, 0) is 6.18 Å². The van der Waals surface area contributed by atoms with Crippen molar-refractivity contribution in [3.05, 3.63) is 37.8 Å². The van der Waals surface area contributed by atoms with E-state index in [1.165, 1.54) is 0 Å². The summed E-state index contributed by atoms with van der Waals surface area (Å²) in [4.78, 5) is 19.8. The minimum absolute atomic E-state index is 0.370. The van der Waals surface area contributed by atoms with Crippen molar-refractivity contribution < 1.29 is 28.0 Å². The fourth-order valence-electron chi connectivity index (χ4n) is 1.10. The van der Waals surface area contributed by atoms with Crippen molar-refractivity contribution in [1.29, 1.82) is 0 Å². The van der Waals surface area contributed by atoms with Gasteiger partial charge in [-0.2, -0.15) is 13.2 Å².